The van der Waals surface area contributed by atoms with Crippen molar-refractivity contribution in [3.63, 3.8) is 0 Å². The quantitative estimate of drug-likeness (QED) is 0.205. The molecule has 0 spiro atoms. The van der Waals surface area contributed by atoms with Crippen LogP contribution in [0, 0.1) is 0 Å². The van der Waals surface area contributed by atoms with E-state index in [0.717, 1.165) is 22.9 Å². The molecule has 0 heterocycles. The van der Waals surface area contributed by atoms with Crippen LogP contribution in [0.5, 0.6) is 5.75 Å². The molecule has 0 aliphatic carbocycles. The Labute approximate surface area is 227 Å². The number of halogens is 1. The summed E-state index contributed by atoms with van der Waals surface area (Å²) >= 11 is 6.00. The monoisotopic (exact) mass is 547 g/mol. The largest absolute Gasteiger partial charge is 0.489 e. The van der Waals surface area contributed by atoms with Crippen molar-refractivity contribution in [1.29, 1.82) is 0 Å². The molecular formula is C29H26ClN3O4S. The van der Waals surface area contributed by atoms with Gasteiger partial charge in [0.15, 0.2) is 0 Å². The van der Waals surface area contributed by atoms with Gasteiger partial charge in [0, 0.05) is 10.6 Å². The first-order valence-corrected chi connectivity index (χ1v) is 13.9. The zero-order chi connectivity index (χ0) is 27.0. The normalized spacial score (nSPS) is 11.3. The average molecular weight is 548 g/mol. The highest BCUT2D eigenvalue weighted by Gasteiger charge is 2.18. The van der Waals surface area contributed by atoms with Crippen LogP contribution in [-0.2, 0) is 23.2 Å². The van der Waals surface area contributed by atoms with Crippen molar-refractivity contribution in [3.8, 4) is 5.75 Å². The summed E-state index contributed by atoms with van der Waals surface area (Å²) in [6, 6.07) is 30.4. The lowest BCUT2D eigenvalue weighted by molar-refractivity contribution is 0.0955. The number of rotatable bonds is 10. The van der Waals surface area contributed by atoms with Gasteiger partial charge in [-0.05, 0) is 77.4 Å². The molecule has 4 aromatic carbocycles. The van der Waals surface area contributed by atoms with Gasteiger partial charge in [0.2, 0.25) is 10.0 Å². The number of hydrogen-bond acceptors (Lipinski definition) is 5. The van der Waals surface area contributed by atoms with Crippen molar-refractivity contribution < 1.29 is 17.9 Å². The fourth-order valence-electron chi connectivity index (χ4n) is 3.60. The number of nitrogens with one attached hydrogen (secondary N) is 1. The summed E-state index contributed by atoms with van der Waals surface area (Å²) in [5, 5.41) is 4.68. The molecule has 0 bridgehead atoms. The maximum atomic E-state index is 12.5. The van der Waals surface area contributed by atoms with Crippen molar-refractivity contribution >= 4 is 39.4 Å². The number of amides is 1. The topological polar surface area (TPSA) is 88.1 Å². The molecule has 0 aliphatic heterocycles. The van der Waals surface area contributed by atoms with Crippen LogP contribution in [0.15, 0.2) is 108 Å². The van der Waals surface area contributed by atoms with Crippen LogP contribution in [0.4, 0.5) is 5.69 Å². The van der Waals surface area contributed by atoms with Crippen molar-refractivity contribution in [2.24, 2.45) is 5.10 Å². The van der Waals surface area contributed by atoms with E-state index < -0.39 is 15.9 Å². The number of ether oxygens (including phenoxy) is 1. The second kappa shape index (κ2) is 12.4. The molecule has 4 aromatic rings. The van der Waals surface area contributed by atoms with E-state index in [0.29, 0.717) is 28.6 Å². The third-order valence-corrected chi connectivity index (χ3v) is 6.92. The molecule has 0 aliphatic rings. The minimum Gasteiger partial charge on any atom is -0.489 e. The number of hydrazone groups is 1. The van der Waals surface area contributed by atoms with Gasteiger partial charge in [-0.1, -0.05) is 54.1 Å². The molecule has 0 radical (unpaired) electrons. The maximum Gasteiger partial charge on any atom is 0.271 e. The van der Waals surface area contributed by atoms with E-state index in [-0.39, 0.29) is 6.54 Å². The SMILES string of the molecule is CS(=O)(=O)N(Cc1ccccc1)c1ccc(C(=O)N/N=C\c2ccc(OCc3cccc(Cl)c3)cc2)cc1. The fraction of sp³-hybridized carbons (Fsp3) is 0.103. The molecule has 1 N–H and O–H groups in total. The summed E-state index contributed by atoms with van der Waals surface area (Å²) in [6.07, 6.45) is 2.68. The highest BCUT2D eigenvalue weighted by molar-refractivity contribution is 7.92. The minimum atomic E-state index is -3.52. The van der Waals surface area contributed by atoms with Gasteiger partial charge in [-0.3, -0.25) is 9.10 Å². The van der Waals surface area contributed by atoms with E-state index in [9.17, 15) is 13.2 Å². The van der Waals surface area contributed by atoms with Crippen LogP contribution in [0.1, 0.15) is 27.0 Å². The maximum absolute atomic E-state index is 12.5. The van der Waals surface area contributed by atoms with Gasteiger partial charge in [-0.2, -0.15) is 5.10 Å². The molecule has 0 unspecified atom stereocenters. The first kappa shape index (κ1) is 26.9. The summed E-state index contributed by atoms with van der Waals surface area (Å²) in [6.45, 7) is 0.594. The molecule has 7 nitrogen and oxygen atoms in total. The number of anilines is 1. The number of nitrogens with zero attached hydrogens (tertiary/aromatic N) is 2. The van der Waals surface area contributed by atoms with Gasteiger partial charge in [0.1, 0.15) is 12.4 Å². The molecule has 0 saturated carbocycles. The molecule has 1 amide bonds. The van der Waals surface area contributed by atoms with E-state index >= 15 is 0 Å². The highest BCUT2D eigenvalue weighted by atomic mass is 35.5. The van der Waals surface area contributed by atoms with Crippen molar-refractivity contribution in [2.75, 3.05) is 10.6 Å². The van der Waals surface area contributed by atoms with Crippen LogP contribution < -0.4 is 14.5 Å². The summed E-state index contributed by atoms with van der Waals surface area (Å²) in [7, 11) is -3.52. The second-order valence-electron chi connectivity index (χ2n) is 8.49. The van der Waals surface area contributed by atoms with E-state index in [1.165, 1.54) is 10.5 Å². The highest BCUT2D eigenvalue weighted by Crippen LogP contribution is 2.21. The van der Waals surface area contributed by atoms with E-state index in [1.54, 1.807) is 24.3 Å². The zero-order valence-electron chi connectivity index (χ0n) is 20.6. The van der Waals surface area contributed by atoms with Crippen molar-refractivity contribution in [2.45, 2.75) is 13.2 Å². The predicted molar refractivity (Wildman–Crippen MR) is 151 cm³/mol. The molecular weight excluding hydrogens is 522 g/mol. The molecule has 0 atom stereocenters. The number of carbonyl (C=O) groups is 1. The van der Waals surface area contributed by atoms with Crippen LogP contribution in [0.25, 0.3) is 0 Å². The van der Waals surface area contributed by atoms with Crippen LogP contribution in [0.2, 0.25) is 5.02 Å². The van der Waals surface area contributed by atoms with Gasteiger partial charge in [0.05, 0.1) is 24.7 Å². The molecule has 9 heteroatoms. The second-order valence-corrected chi connectivity index (χ2v) is 10.8. The summed E-state index contributed by atoms with van der Waals surface area (Å²) in [4.78, 5) is 12.5. The molecule has 4 rings (SSSR count). The van der Waals surface area contributed by atoms with Gasteiger partial charge in [0.25, 0.3) is 5.91 Å². The van der Waals surface area contributed by atoms with Gasteiger partial charge >= 0.3 is 0 Å². The minimum absolute atomic E-state index is 0.194. The van der Waals surface area contributed by atoms with Crippen LogP contribution >= 0.6 is 11.6 Å². The third kappa shape index (κ3) is 7.68. The standard InChI is InChI=1S/C29H26ClN3O4S/c1-38(35,36)33(20-23-6-3-2-4-7-23)27-14-12-25(13-15-27)29(34)32-31-19-22-10-16-28(17-11-22)37-21-24-8-5-9-26(30)18-24/h2-19H,20-21H2,1H3,(H,32,34)/b31-19-. The third-order valence-electron chi connectivity index (χ3n) is 5.54. The van der Waals surface area contributed by atoms with Gasteiger partial charge in [-0.15, -0.1) is 0 Å². The van der Waals surface area contributed by atoms with Gasteiger partial charge in [-0.25, -0.2) is 13.8 Å². The lowest BCUT2D eigenvalue weighted by atomic mass is 10.2. The molecule has 194 valence electrons. The van der Waals surface area contributed by atoms with Gasteiger partial charge < -0.3 is 4.74 Å². The fourth-order valence-corrected chi connectivity index (χ4v) is 4.70. The molecule has 0 aromatic heterocycles. The molecule has 0 fully saturated rings. The Morgan fingerprint density at radius 1 is 0.921 bits per heavy atom. The Bertz CT molecular complexity index is 1510. The molecule has 0 saturated heterocycles. The molecule has 38 heavy (non-hydrogen) atoms. The summed E-state index contributed by atoms with van der Waals surface area (Å²) in [5.41, 5.74) is 5.91. The smallest absolute Gasteiger partial charge is 0.271 e. The van der Waals surface area contributed by atoms with E-state index in [4.69, 9.17) is 16.3 Å². The average Bonchev–Trinajstić information content (AvgIpc) is 2.91. The Morgan fingerprint density at radius 3 is 2.26 bits per heavy atom. The Morgan fingerprint density at radius 2 is 1.61 bits per heavy atom. The number of hydrogen-bond donors (Lipinski definition) is 1. The first-order chi connectivity index (χ1) is 18.3. The lowest BCUT2D eigenvalue weighted by Gasteiger charge is -2.22. The Kier molecular flexibility index (Phi) is 8.78. The van der Waals surface area contributed by atoms with Crippen molar-refractivity contribution in [3.05, 3.63) is 130 Å². The van der Waals surface area contributed by atoms with E-state index in [2.05, 4.69) is 10.5 Å². The van der Waals surface area contributed by atoms with Crippen LogP contribution in [-0.4, -0.2) is 26.8 Å². The lowest BCUT2D eigenvalue weighted by Crippen LogP contribution is -2.29. The van der Waals surface area contributed by atoms with Crippen LogP contribution in [0.3, 0.4) is 0 Å². The summed E-state index contributed by atoms with van der Waals surface area (Å²) in [5.74, 6) is 0.282. The number of carbonyl (C=O) groups excluding carboxylic acids is 1. The van der Waals surface area contributed by atoms with E-state index in [1.807, 2.05) is 78.9 Å². The predicted octanol–water partition coefficient (Wildman–Crippen LogP) is 5.65. The Balaban J connectivity index is 1.32. The van der Waals surface area contributed by atoms with Crippen molar-refractivity contribution in [1.82, 2.24) is 5.43 Å². The first-order valence-electron chi connectivity index (χ1n) is 11.7. The number of benzene rings is 4. The number of sulfonamides is 1. The zero-order valence-corrected chi connectivity index (χ0v) is 22.2. The summed E-state index contributed by atoms with van der Waals surface area (Å²) < 4.78 is 31.8. The Hall–Kier alpha value is -4.14.